The third-order valence-electron chi connectivity index (χ3n) is 3.02. The van der Waals surface area contributed by atoms with E-state index in [2.05, 4.69) is 35.8 Å². The summed E-state index contributed by atoms with van der Waals surface area (Å²) in [6, 6.07) is 2.09. The minimum atomic E-state index is 0.413. The molecule has 0 aliphatic rings. The molecule has 2 N–H and O–H groups in total. The Morgan fingerprint density at radius 1 is 1.29 bits per heavy atom. The molecule has 0 aliphatic heterocycles. The average Bonchev–Trinajstić information content (AvgIpc) is 2.31. The molecule has 17 heavy (non-hydrogen) atoms. The Bertz CT molecular complexity index is 393. The lowest BCUT2D eigenvalue weighted by atomic mass is 9.93. The molecular weight excluding hydrogens is 282 g/mol. The minimum absolute atomic E-state index is 0.413. The summed E-state index contributed by atoms with van der Waals surface area (Å²) in [6.07, 6.45) is 0.961. The highest BCUT2D eigenvalue weighted by atomic mass is 79.9. The van der Waals surface area contributed by atoms with Crippen LogP contribution in [0.4, 0.5) is 0 Å². The number of hydrogen-bond donors (Lipinski definition) is 1. The van der Waals surface area contributed by atoms with Crippen molar-refractivity contribution in [3.63, 3.8) is 0 Å². The van der Waals surface area contributed by atoms with Gasteiger partial charge in [-0.2, -0.15) is 0 Å². The van der Waals surface area contributed by atoms with E-state index in [1.54, 1.807) is 14.2 Å². The lowest BCUT2D eigenvalue weighted by molar-refractivity contribution is 0.350. The normalized spacial score (nSPS) is 12.4. The molecule has 0 aromatic heterocycles. The number of benzene rings is 1. The van der Waals surface area contributed by atoms with E-state index < -0.39 is 0 Å². The van der Waals surface area contributed by atoms with Crippen LogP contribution in [0.1, 0.15) is 30.4 Å². The van der Waals surface area contributed by atoms with Gasteiger partial charge in [0.2, 0.25) is 0 Å². The second-order valence-electron chi connectivity index (χ2n) is 4.12. The van der Waals surface area contributed by atoms with Crippen LogP contribution >= 0.6 is 15.9 Å². The van der Waals surface area contributed by atoms with Crippen LogP contribution in [0.15, 0.2) is 10.5 Å². The molecule has 0 bridgehead atoms. The summed E-state index contributed by atoms with van der Waals surface area (Å²) in [7, 11) is 3.31. The fraction of sp³-hybridized carbons (Fsp3) is 0.538. The van der Waals surface area contributed by atoms with Crippen molar-refractivity contribution in [3.8, 4) is 11.5 Å². The lowest BCUT2D eigenvalue weighted by Gasteiger charge is -2.19. The second kappa shape index (κ2) is 6.26. The quantitative estimate of drug-likeness (QED) is 0.908. The summed E-state index contributed by atoms with van der Waals surface area (Å²) in [5.74, 6) is 1.95. The summed E-state index contributed by atoms with van der Waals surface area (Å²) in [4.78, 5) is 0. The minimum Gasteiger partial charge on any atom is -0.493 e. The maximum absolute atomic E-state index is 5.61. The Hall–Kier alpha value is -0.740. The molecule has 1 unspecified atom stereocenters. The van der Waals surface area contributed by atoms with E-state index in [-0.39, 0.29) is 0 Å². The van der Waals surface area contributed by atoms with E-state index in [0.29, 0.717) is 12.5 Å². The largest absolute Gasteiger partial charge is 0.493 e. The van der Waals surface area contributed by atoms with Crippen molar-refractivity contribution in [1.82, 2.24) is 0 Å². The lowest BCUT2D eigenvalue weighted by Crippen LogP contribution is -2.07. The number of methoxy groups -OCH3 is 2. The molecule has 0 radical (unpaired) electrons. The monoisotopic (exact) mass is 301 g/mol. The van der Waals surface area contributed by atoms with E-state index >= 15 is 0 Å². The van der Waals surface area contributed by atoms with E-state index in [0.717, 1.165) is 28.0 Å². The van der Waals surface area contributed by atoms with Crippen LogP contribution < -0.4 is 15.2 Å². The van der Waals surface area contributed by atoms with Crippen LogP contribution in [0.3, 0.4) is 0 Å². The summed E-state index contributed by atoms with van der Waals surface area (Å²) in [6.45, 7) is 4.91. The number of hydrogen-bond acceptors (Lipinski definition) is 3. The summed E-state index contributed by atoms with van der Waals surface area (Å²) in [5.41, 5.74) is 7.98. The first-order valence-electron chi connectivity index (χ1n) is 5.67. The van der Waals surface area contributed by atoms with Gasteiger partial charge < -0.3 is 15.2 Å². The first-order valence-corrected chi connectivity index (χ1v) is 6.47. The van der Waals surface area contributed by atoms with E-state index in [9.17, 15) is 0 Å². The van der Waals surface area contributed by atoms with Crippen molar-refractivity contribution >= 4 is 15.9 Å². The summed E-state index contributed by atoms with van der Waals surface area (Å²) < 4.78 is 11.7. The maximum atomic E-state index is 5.61. The van der Waals surface area contributed by atoms with Gasteiger partial charge in [-0.15, -0.1) is 0 Å². The fourth-order valence-electron chi connectivity index (χ4n) is 2.07. The average molecular weight is 302 g/mol. The van der Waals surface area contributed by atoms with Crippen LogP contribution in [-0.2, 0) is 0 Å². The van der Waals surface area contributed by atoms with Gasteiger partial charge in [0.25, 0.3) is 0 Å². The van der Waals surface area contributed by atoms with Crippen LogP contribution in [0.2, 0.25) is 0 Å². The standard InChI is InChI=1S/C13H20BrNO2/c1-8(5-6-15)10-7-11(14)13(17-4)12(16-3)9(10)2/h7-8H,5-6,15H2,1-4H3. The van der Waals surface area contributed by atoms with Crippen molar-refractivity contribution in [2.75, 3.05) is 20.8 Å². The number of rotatable bonds is 5. The van der Waals surface area contributed by atoms with E-state index in [4.69, 9.17) is 15.2 Å². The molecule has 3 nitrogen and oxygen atoms in total. The molecule has 1 atom stereocenters. The zero-order valence-corrected chi connectivity index (χ0v) is 12.4. The predicted molar refractivity (Wildman–Crippen MR) is 74.1 cm³/mol. The molecule has 0 fully saturated rings. The number of nitrogens with two attached hydrogens (primary N) is 1. The van der Waals surface area contributed by atoms with Gasteiger partial charge in [0.05, 0.1) is 18.7 Å². The Morgan fingerprint density at radius 3 is 2.35 bits per heavy atom. The molecule has 1 aromatic carbocycles. The van der Waals surface area contributed by atoms with Gasteiger partial charge in [0.1, 0.15) is 0 Å². The van der Waals surface area contributed by atoms with E-state index in [1.807, 2.05) is 0 Å². The SMILES string of the molecule is COc1c(Br)cc(C(C)CCN)c(C)c1OC. The van der Waals surface area contributed by atoms with Gasteiger partial charge in [-0.1, -0.05) is 6.92 Å². The molecule has 1 aromatic rings. The van der Waals surface area contributed by atoms with Gasteiger partial charge >= 0.3 is 0 Å². The highest BCUT2D eigenvalue weighted by molar-refractivity contribution is 9.10. The topological polar surface area (TPSA) is 44.5 Å². The smallest absolute Gasteiger partial charge is 0.175 e. The van der Waals surface area contributed by atoms with Crippen molar-refractivity contribution in [2.24, 2.45) is 5.73 Å². The van der Waals surface area contributed by atoms with Gasteiger partial charge in [-0.3, -0.25) is 0 Å². The molecule has 4 heteroatoms. The molecule has 0 aliphatic carbocycles. The Morgan fingerprint density at radius 2 is 1.88 bits per heavy atom. The van der Waals surface area contributed by atoms with Crippen molar-refractivity contribution in [2.45, 2.75) is 26.2 Å². The highest BCUT2D eigenvalue weighted by Crippen LogP contribution is 2.42. The van der Waals surface area contributed by atoms with Crippen LogP contribution in [0.5, 0.6) is 11.5 Å². The molecule has 0 saturated heterocycles. The number of halogens is 1. The van der Waals surface area contributed by atoms with Gasteiger partial charge in [-0.25, -0.2) is 0 Å². The summed E-state index contributed by atoms with van der Waals surface area (Å²) >= 11 is 3.52. The molecule has 96 valence electrons. The zero-order valence-electron chi connectivity index (χ0n) is 10.8. The summed E-state index contributed by atoms with van der Waals surface area (Å²) in [5, 5.41) is 0. The number of ether oxygens (including phenoxy) is 2. The second-order valence-corrected chi connectivity index (χ2v) is 4.97. The van der Waals surface area contributed by atoms with Gasteiger partial charge in [0.15, 0.2) is 11.5 Å². The molecule has 0 saturated carbocycles. The van der Waals surface area contributed by atoms with Gasteiger partial charge in [-0.05, 0) is 58.9 Å². The first kappa shape index (κ1) is 14.3. The van der Waals surface area contributed by atoms with E-state index in [1.165, 1.54) is 5.56 Å². The van der Waals surface area contributed by atoms with Crippen LogP contribution in [0.25, 0.3) is 0 Å². The first-order chi connectivity index (χ1) is 8.06. The maximum Gasteiger partial charge on any atom is 0.175 e. The molecule has 0 heterocycles. The van der Waals surface area contributed by atoms with Crippen molar-refractivity contribution in [1.29, 1.82) is 0 Å². The van der Waals surface area contributed by atoms with Crippen LogP contribution in [-0.4, -0.2) is 20.8 Å². The molecule has 0 amide bonds. The molecule has 0 spiro atoms. The molecular formula is C13H20BrNO2. The van der Waals surface area contributed by atoms with Crippen LogP contribution in [0, 0.1) is 6.92 Å². The Kier molecular flexibility index (Phi) is 5.28. The fourth-order valence-corrected chi connectivity index (χ4v) is 2.66. The highest BCUT2D eigenvalue weighted by Gasteiger charge is 2.18. The Labute approximate surface area is 111 Å². The predicted octanol–water partition coefficient (Wildman–Crippen LogP) is 3.23. The van der Waals surface area contributed by atoms with Crippen molar-refractivity contribution in [3.05, 3.63) is 21.7 Å². The zero-order chi connectivity index (χ0) is 13.0. The Balaban J connectivity index is 3.30. The van der Waals surface area contributed by atoms with Gasteiger partial charge in [0, 0.05) is 0 Å². The third kappa shape index (κ3) is 2.93. The molecule has 1 rings (SSSR count). The third-order valence-corrected chi connectivity index (χ3v) is 3.61. The van der Waals surface area contributed by atoms with Crippen molar-refractivity contribution < 1.29 is 9.47 Å².